The van der Waals surface area contributed by atoms with Crippen LogP contribution in [0.4, 0.5) is 0 Å². The average molecular weight is 681 g/mol. The first kappa shape index (κ1) is 38.5. The van der Waals surface area contributed by atoms with Gasteiger partial charge in [-0.2, -0.15) is 0 Å². The molecular weight excluding hydrogens is 613 g/mol. The summed E-state index contributed by atoms with van der Waals surface area (Å²) < 4.78 is 11.9. The van der Waals surface area contributed by atoms with Gasteiger partial charge in [0.1, 0.15) is 11.9 Å². The molecule has 0 bridgehead atoms. The van der Waals surface area contributed by atoms with Crippen molar-refractivity contribution < 1.29 is 14.3 Å². The quantitative estimate of drug-likeness (QED) is 0.0711. The van der Waals surface area contributed by atoms with Crippen molar-refractivity contribution in [3.8, 4) is 18.1 Å². The van der Waals surface area contributed by atoms with Crippen molar-refractivity contribution in [2.75, 3.05) is 6.61 Å². The molecule has 3 nitrogen and oxygen atoms in total. The minimum Gasteiger partial charge on any atom is -0.494 e. The largest absolute Gasteiger partial charge is 0.494 e. The van der Waals surface area contributed by atoms with Crippen LogP contribution in [-0.2, 0) is 9.53 Å². The lowest BCUT2D eigenvalue weighted by Gasteiger charge is -2.55. The van der Waals surface area contributed by atoms with Crippen LogP contribution >= 0.6 is 0 Å². The Labute approximate surface area is 306 Å². The number of esters is 1. The molecule has 4 aliphatic rings. The number of fused-ring (bicyclic) bond motifs is 5. The van der Waals surface area contributed by atoms with Crippen LogP contribution in [0.25, 0.3) is 0 Å². The first-order valence-corrected chi connectivity index (χ1v) is 20.5. The fourth-order valence-electron chi connectivity index (χ4n) is 10.2. The van der Waals surface area contributed by atoms with Crippen LogP contribution in [0.1, 0.15) is 150 Å². The molecule has 0 radical (unpaired) electrons. The maximum absolute atomic E-state index is 12.8. The fraction of sp³-hybridized carbons (Fsp3) is 0.681. The van der Waals surface area contributed by atoms with Gasteiger partial charge in [-0.05, 0) is 122 Å². The Kier molecular flexibility index (Phi) is 13.6. The molecule has 0 spiro atoms. The van der Waals surface area contributed by atoms with Crippen LogP contribution in [-0.4, -0.2) is 18.7 Å². The van der Waals surface area contributed by atoms with Crippen molar-refractivity contribution >= 4 is 5.97 Å². The minimum atomic E-state index is 0.0107. The second-order valence-electron chi connectivity index (χ2n) is 17.4. The van der Waals surface area contributed by atoms with Gasteiger partial charge < -0.3 is 9.47 Å². The topological polar surface area (TPSA) is 35.5 Å². The number of carbonyl (C=O) groups excluding carboxylic acids is 1. The maximum atomic E-state index is 12.8. The van der Waals surface area contributed by atoms with Crippen LogP contribution in [0, 0.1) is 58.7 Å². The van der Waals surface area contributed by atoms with Crippen molar-refractivity contribution in [3.63, 3.8) is 0 Å². The molecule has 3 heteroatoms. The van der Waals surface area contributed by atoms with Gasteiger partial charge in [0, 0.05) is 18.4 Å². The van der Waals surface area contributed by atoms with Gasteiger partial charge in [0.25, 0.3) is 0 Å². The molecule has 3 saturated carbocycles. The zero-order chi connectivity index (χ0) is 35.7. The van der Waals surface area contributed by atoms with Gasteiger partial charge in [-0.3, -0.25) is 4.79 Å². The average Bonchev–Trinajstić information content (AvgIpc) is 3.47. The van der Waals surface area contributed by atoms with E-state index >= 15 is 0 Å². The van der Waals surface area contributed by atoms with E-state index in [1.165, 1.54) is 63.4 Å². The molecule has 274 valence electrons. The van der Waals surface area contributed by atoms with Gasteiger partial charge in [-0.25, -0.2) is 0 Å². The summed E-state index contributed by atoms with van der Waals surface area (Å²) in [7, 11) is 0. The summed E-state index contributed by atoms with van der Waals surface area (Å²) in [4.78, 5) is 12.8. The van der Waals surface area contributed by atoms with Gasteiger partial charge in [-0.1, -0.05) is 121 Å². The zero-order valence-corrected chi connectivity index (χ0v) is 32.5. The predicted octanol–water partition coefficient (Wildman–Crippen LogP) is 12.5. The molecule has 4 aliphatic carbocycles. The first-order chi connectivity index (χ1) is 24.0. The summed E-state index contributed by atoms with van der Waals surface area (Å²) in [5.74, 6) is 7.68. The lowest BCUT2D eigenvalue weighted by Crippen LogP contribution is -2.46. The highest BCUT2D eigenvalue weighted by molar-refractivity contribution is 5.69. The third-order valence-corrected chi connectivity index (χ3v) is 13.9. The van der Waals surface area contributed by atoms with E-state index in [9.17, 15) is 4.79 Å². The summed E-state index contributed by atoms with van der Waals surface area (Å²) in [5.41, 5.74) is 4.82. The molecule has 0 N–H and O–H groups in total. The molecular formula is C47H68O3. The second kappa shape index (κ2) is 17.7. The van der Waals surface area contributed by atoms with Gasteiger partial charge >= 0.3 is 5.97 Å². The summed E-state index contributed by atoms with van der Waals surface area (Å²) in [5, 5.41) is 0. The molecule has 8 atom stereocenters. The molecule has 0 aromatic heterocycles. The van der Waals surface area contributed by atoms with Gasteiger partial charge in [-0.15, -0.1) is 6.42 Å². The summed E-state index contributed by atoms with van der Waals surface area (Å²) in [6, 6.07) is 7.73. The van der Waals surface area contributed by atoms with Crippen molar-refractivity contribution in [1.29, 1.82) is 0 Å². The standard InChI is InChI=1S/C47H68O3/c1-8-37-20-23-39(24-21-37)49-32-16-14-12-10-9-11-13-15-17-45(48)50-40-28-30-46(6)38(33-40)22-25-41-43-27-26-42(47(43,7)31-29-44(41)46)36(5)19-18-35(4)34(2)3/h1,18-25,34-36,40,42-44H,9-17,26-33H2,2-7H3/b19-18+/t35-,36+,40-,42+,43-,44-,46-,47+/m0/s1. The molecule has 3 fully saturated rings. The monoisotopic (exact) mass is 681 g/mol. The number of unbranched alkanes of at least 4 members (excludes halogenated alkanes) is 7. The van der Waals surface area contributed by atoms with Crippen LogP contribution in [0.2, 0.25) is 0 Å². The molecule has 0 heterocycles. The molecule has 1 aromatic rings. The zero-order valence-electron chi connectivity index (χ0n) is 32.5. The van der Waals surface area contributed by atoms with Crippen molar-refractivity contribution in [1.82, 2.24) is 0 Å². The summed E-state index contributed by atoms with van der Waals surface area (Å²) >= 11 is 0. The highest BCUT2D eigenvalue weighted by Gasteiger charge is 2.57. The number of carbonyl (C=O) groups is 1. The number of allylic oxidation sites excluding steroid dienone is 5. The molecule has 0 amide bonds. The number of rotatable bonds is 17. The van der Waals surface area contributed by atoms with Crippen LogP contribution in [0.3, 0.4) is 0 Å². The van der Waals surface area contributed by atoms with Gasteiger partial charge in [0.15, 0.2) is 0 Å². The molecule has 0 unspecified atom stereocenters. The van der Waals surface area contributed by atoms with E-state index in [4.69, 9.17) is 15.9 Å². The van der Waals surface area contributed by atoms with E-state index in [0.717, 1.165) is 68.3 Å². The van der Waals surface area contributed by atoms with Gasteiger partial charge in [0.05, 0.1) is 6.61 Å². The summed E-state index contributed by atoms with van der Waals surface area (Å²) in [6.07, 6.45) is 33.8. The Morgan fingerprint density at radius 3 is 2.26 bits per heavy atom. The number of benzene rings is 1. The Bertz CT molecular complexity index is 1390. The van der Waals surface area contributed by atoms with Crippen LogP contribution < -0.4 is 4.74 Å². The highest BCUT2D eigenvalue weighted by atomic mass is 16.5. The number of hydrogen-bond donors (Lipinski definition) is 0. The van der Waals surface area contributed by atoms with Gasteiger partial charge in [0.2, 0.25) is 0 Å². The van der Waals surface area contributed by atoms with E-state index in [2.05, 4.69) is 71.8 Å². The molecule has 5 rings (SSSR count). The minimum absolute atomic E-state index is 0.0107. The molecule has 50 heavy (non-hydrogen) atoms. The van der Waals surface area contributed by atoms with Crippen molar-refractivity contribution in [3.05, 3.63) is 65.3 Å². The Morgan fingerprint density at radius 1 is 0.860 bits per heavy atom. The van der Waals surface area contributed by atoms with E-state index in [1.54, 1.807) is 5.57 Å². The Hall–Kier alpha value is -2.73. The number of hydrogen-bond acceptors (Lipinski definition) is 3. The normalized spacial score (nSPS) is 30.0. The Morgan fingerprint density at radius 2 is 1.56 bits per heavy atom. The third kappa shape index (κ3) is 9.19. The van der Waals surface area contributed by atoms with E-state index in [-0.39, 0.29) is 17.5 Å². The Balaban J connectivity index is 0.988. The lowest BCUT2D eigenvalue weighted by molar-refractivity contribution is -0.151. The predicted molar refractivity (Wildman–Crippen MR) is 209 cm³/mol. The number of terminal acetylenes is 1. The number of ether oxygens (including phenoxy) is 2. The third-order valence-electron chi connectivity index (χ3n) is 13.9. The first-order valence-electron chi connectivity index (χ1n) is 20.5. The van der Waals surface area contributed by atoms with Crippen molar-refractivity contribution in [2.45, 2.75) is 150 Å². The summed E-state index contributed by atoms with van der Waals surface area (Å²) in [6.45, 7) is 15.4. The molecule has 0 saturated heterocycles. The lowest BCUT2D eigenvalue weighted by atomic mass is 9.50. The SMILES string of the molecule is C#Cc1ccc(OCCCCCCCCCCC(=O)O[C@H]2CC[C@@]3(C)C(=CC=C4[C@@H]5CC[C@H]([C@H](C)/C=C/[C@H](C)C(C)C)[C@@]5(C)CC[C@@H]43)C2)cc1. The molecule has 0 aliphatic heterocycles. The highest BCUT2D eigenvalue weighted by Crippen LogP contribution is 2.66. The fourth-order valence-corrected chi connectivity index (χ4v) is 10.2. The van der Waals surface area contributed by atoms with E-state index in [0.29, 0.717) is 35.5 Å². The molecule has 1 aromatic carbocycles. The second-order valence-corrected chi connectivity index (χ2v) is 17.4. The maximum Gasteiger partial charge on any atom is 0.306 e. The van der Waals surface area contributed by atoms with Crippen LogP contribution in [0.15, 0.2) is 59.7 Å². The van der Waals surface area contributed by atoms with E-state index < -0.39 is 0 Å². The van der Waals surface area contributed by atoms with Crippen LogP contribution in [0.5, 0.6) is 5.75 Å². The van der Waals surface area contributed by atoms with Crippen molar-refractivity contribution in [2.24, 2.45) is 46.3 Å². The smallest absolute Gasteiger partial charge is 0.306 e. The van der Waals surface area contributed by atoms with E-state index in [1.807, 2.05) is 24.3 Å².